The predicted molar refractivity (Wildman–Crippen MR) is 104 cm³/mol. The predicted octanol–water partition coefficient (Wildman–Crippen LogP) is 2.84. The lowest BCUT2D eigenvalue weighted by Gasteiger charge is -2.32. The van der Waals surface area contributed by atoms with Gasteiger partial charge in [0.1, 0.15) is 18.5 Å². The molecule has 0 aliphatic carbocycles. The minimum Gasteiger partial charge on any atom is -0.489 e. The Morgan fingerprint density at radius 2 is 2.41 bits per heavy atom. The number of morpholine rings is 1. The zero-order valence-electron chi connectivity index (χ0n) is 14.8. The van der Waals surface area contributed by atoms with Crippen molar-refractivity contribution >= 4 is 34.6 Å². The highest BCUT2D eigenvalue weighted by molar-refractivity contribution is 7.12. The molecule has 27 heavy (non-hydrogen) atoms. The Kier molecular flexibility index (Phi) is 7.03. The molecular weight excluding hydrogens is 390 g/mol. The summed E-state index contributed by atoms with van der Waals surface area (Å²) in [6.07, 6.45) is 2.89. The summed E-state index contributed by atoms with van der Waals surface area (Å²) in [5.41, 5.74) is 0.751. The molecule has 9 heteroatoms. The number of pyridine rings is 1. The molecule has 1 fully saturated rings. The van der Waals surface area contributed by atoms with E-state index in [1.807, 2.05) is 24.4 Å². The van der Waals surface area contributed by atoms with Crippen molar-refractivity contribution in [2.24, 2.45) is 5.16 Å². The standard InChI is InChI=1S/C18H20ClN3O4S/c1-13(17-3-2-6-27-17)21-26-12-18(23)22-4-5-24-16(10-22)11-25-15-7-14(19)8-20-9-15/h2-3,6-9,16H,4-5,10-12H2,1H3/b21-13-. The number of thiophene rings is 1. The highest BCUT2D eigenvalue weighted by Crippen LogP contribution is 2.16. The maximum atomic E-state index is 12.3. The van der Waals surface area contributed by atoms with Crippen molar-refractivity contribution in [1.82, 2.24) is 9.88 Å². The second-order valence-electron chi connectivity index (χ2n) is 5.91. The number of hydrogen-bond donors (Lipinski definition) is 0. The molecule has 0 bridgehead atoms. The highest BCUT2D eigenvalue weighted by atomic mass is 35.5. The monoisotopic (exact) mass is 409 g/mol. The van der Waals surface area contributed by atoms with E-state index in [4.69, 9.17) is 25.9 Å². The molecule has 0 saturated carbocycles. The molecule has 144 valence electrons. The summed E-state index contributed by atoms with van der Waals surface area (Å²) in [6, 6.07) is 5.58. The minimum absolute atomic E-state index is 0.103. The lowest BCUT2D eigenvalue weighted by atomic mass is 10.3. The average Bonchev–Trinajstić information content (AvgIpc) is 3.21. The van der Waals surface area contributed by atoms with Crippen molar-refractivity contribution in [3.63, 3.8) is 0 Å². The molecular formula is C18H20ClN3O4S. The third-order valence-corrected chi connectivity index (χ3v) is 5.06. The van der Waals surface area contributed by atoms with Gasteiger partial charge in [0, 0.05) is 18.8 Å². The summed E-state index contributed by atoms with van der Waals surface area (Å²) in [4.78, 5) is 24.2. The summed E-state index contributed by atoms with van der Waals surface area (Å²) in [6.45, 7) is 3.46. The van der Waals surface area contributed by atoms with Crippen LogP contribution in [0.4, 0.5) is 0 Å². The van der Waals surface area contributed by atoms with E-state index in [-0.39, 0.29) is 18.6 Å². The zero-order chi connectivity index (χ0) is 19.1. The van der Waals surface area contributed by atoms with Crippen LogP contribution in [0.15, 0.2) is 41.1 Å². The Labute approximate surface area is 166 Å². The molecule has 2 aromatic heterocycles. The molecule has 3 heterocycles. The van der Waals surface area contributed by atoms with E-state index in [2.05, 4.69) is 10.1 Å². The number of aromatic nitrogens is 1. The number of carbonyl (C=O) groups is 1. The first-order chi connectivity index (χ1) is 13.1. The topological polar surface area (TPSA) is 73.2 Å². The minimum atomic E-state index is -0.224. The third kappa shape index (κ3) is 5.92. The fourth-order valence-corrected chi connectivity index (χ4v) is 3.34. The van der Waals surface area contributed by atoms with Crippen molar-refractivity contribution in [2.45, 2.75) is 13.0 Å². The van der Waals surface area contributed by atoms with Crippen molar-refractivity contribution in [3.8, 4) is 5.75 Å². The van der Waals surface area contributed by atoms with Gasteiger partial charge in [0.15, 0.2) is 6.61 Å². The fourth-order valence-electron chi connectivity index (χ4n) is 2.51. The largest absolute Gasteiger partial charge is 0.489 e. The van der Waals surface area contributed by atoms with Gasteiger partial charge in [0.25, 0.3) is 5.91 Å². The van der Waals surface area contributed by atoms with Gasteiger partial charge in [-0.3, -0.25) is 9.78 Å². The van der Waals surface area contributed by atoms with Gasteiger partial charge >= 0.3 is 0 Å². The Hall–Kier alpha value is -2.16. The number of rotatable bonds is 7. The quantitative estimate of drug-likeness (QED) is 0.519. The summed E-state index contributed by atoms with van der Waals surface area (Å²) in [7, 11) is 0. The summed E-state index contributed by atoms with van der Waals surface area (Å²) in [5.74, 6) is 0.437. The van der Waals surface area contributed by atoms with Crippen LogP contribution in [0.5, 0.6) is 5.75 Å². The van der Waals surface area contributed by atoms with Crippen LogP contribution in [0.25, 0.3) is 0 Å². The van der Waals surface area contributed by atoms with Crippen LogP contribution in [-0.2, 0) is 14.4 Å². The lowest BCUT2D eigenvalue weighted by molar-refractivity contribution is -0.144. The van der Waals surface area contributed by atoms with Crippen molar-refractivity contribution in [3.05, 3.63) is 45.9 Å². The van der Waals surface area contributed by atoms with Gasteiger partial charge in [-0.15, -0.1) is 11.3 Å². The van der Waals surface area contributed by atoms with E-state index in [9.17, 15) is 4.79 Å². The number of ether oxygens (including phenoxy) is 2. The number of hydrogen-bond acceptors (Lipinski definition) is 7. The molecule has 0 aromatic carbocycles. The molecule has 3 rings (SSSR count). The number of nitrogens with zero attached hydrogens (tertiary/aromatic N) is 3. The first kappa shape index (κ1) is 19.6. The Morgan fingerprint density at radius 1 is 1.52 bits per heavy atom. The molecule has 1 unspecified atom stereocenters. The zero-order valence-corrected chi connectivity index (χ0v) is 16.4. The van der Waals surface area contributed by atoms with Crippen LogP contribution in [-0.4, -0.2) is 60.5 Å². The van der Waals surface area contributed by atoms with Gasteiger partial charge in [-0.05, 0) is 18.4 Å². The van der Waals surface area contributed by atoms with Gasteiger partial charge in [-0.1, -0.05) is 22.8 Å². The van der Waals surface area contributed by atoms with Gasteiger partial charge in [-0.2, -0.15) is 0 Å². The maximum Gasteiger partial charge on any atom is 0.263 e. The normalized spacial score (nSPS) is 17.6. The number of oxime groups is 1. The van der Waals surface area contributed by atoms with E-state index in [0.717, 1.165) is 10.6 Å². The second kappa shape index (κ2) is 9.68. The van der Waals surface area contributed by atoms with Gasteiger partial charge in [0.05, 0.1) is 35.0 Å². The van der Waals surface area contributed by atoms with Crippen molar-refractivity contribution < 1.29 is 19.1 Å². The van der Waals surface area contributed by atoms with Crippen molar-refractivity contribution in [2.75, 3.05) is 32.9 Å². The van der Waals surface area contributed by atoms with E-state index in [1.165, 1.54) is 6.20 Å². The van der Waals surface area contributed by atoms with E-state index in [1.54, 1.807) is 28.5 Å². The van der Waals surface area contributed by atoms with E-state index >= 15 is 0 Å². The van der Waals surface area contributed by atoms with Crippen LogP contribution >= 0.6 is 22.9 Å². The molecule has 0 radical (unpaired) electrons. The van der Waals surface area contributed by atoms with Crippen LogP contribution < -0.4 is 4.74 Å². The molecule has 7 nitrogen and oxygen atoms in total. The molecule has 1 aliphatic heterocycles. The van der Waals surface area contributed by atoms with Crippen LogP contribution in [0, 0.1) is 0 Å². The number of carbonyl (C=O) groups excluding carboxylic acids is 1. The van der Waals surface area contributed by atoms with Gasteiger partial charge in [0.2, 0.25) is 0 Å². The molecule has 1 aliphatic rings. The SMILES string of the molecule is C/C(=N/OCC(=O)N1CCOC(COc2cncc(Cl)c2)C1)c1cccs1. The third-order valence-electron chi connectivity index (χ3n) is 3.87. The molecule has 1 saturated heterocycles. The van der Waals surface area contributed by atoms with E-state index in [0.29, 0.717) is 37.1 Å². The molecule has 1 atom stereocenters. The average molecular weight is 410 g/mol. The molecule has 0 spiro atoms. The van der Waals surface area contributed by atoms with Crippen LogP contribution in [0.1, 0.15) is 11.8 Å². The van der Waals surface area contributed by atoms with Gasteiger partial charge in [-0.25, -0.2) is 0 Å². The summed E-state index contributed by atoms with van der Waals surface area (Å²) < 4.78 is 11.3. The second-order valence-corrected chi connectivity index (χ2v) is 7.29. The Morgan fingerprint density at radius 3 is 3.19 bits per heavy atom. The summed E-state index contributed by atoms with van der Waals surface area (Å²) >= 11 is 7.46. The lowest BCUT2D eigenvalue weighted by Crippen LogP contribution is -2.48. The Balaban J connectivity index is 1.44. The van der Waals surface area contributed by atoms with Crippen molar-refractivity contribution in [1.29, 1.82) is 0 Å². The first-order valence-corrected chi connectivity index (χ1v) is 9.71. The van der Waals surface area contributed by atoms with Crippen LogP contribution in [0.3, 0.4) is 0 Å². The first-order valence-electron chi connectivity index (χ1n) is 8.45. The fraction of sp³-hybridized carbons (Fsp3) is 0.389. The number of amides is 1. The molecule has 1 amide bonds. The molecule has 0 N–H and O–H groups in total. The molecule has 2 aromatic rings. The van der Waals surface area contributed by atoms with E-state index < -0.39 is 0 Å². The van der Waals surface area contributed by atoms with Gasteiger partial charge < -0.3 is 19.2 Å². The van der Waals surface area contributed by atoms with Crippen LogP contribution in [0.2, 0.25) is 5.02 Å². The highest BCUT2D eigenvalue weighted by Gasteiger charge is 2.25. The number of halogens is 1. The maximum absolute atomic E-state index is 12.3. The summed E-state index contributed by atoms with van der Waals surface area (Å²) in [5, 5.41) is 6.48. The Bertz CT molecular complexity index is 785. The smallest absolute Gasteiger partial charge is 0.263 e.